The number of halogens is 1. The Hall–Kier alpha value is -0.130. The zero-order valence-electron chi connectivity index (χ0n) is 8.96. The Kier molecular flexibility index (Phi) is 5.44. The minimum Gasteiger partial charge on any atom is -0.248 e. The van der Waals surface area contributed by atoms with Crippen LogP contribution in [-0.2, 0) is 13.0 Å². The minimum absolute atomic E-state index is 1.02. The molecule has 0 N–H and O–H groups in total. The number of aryl methyl sites for hydroxylation is 1. The topological polar surface area (TPSA) is 30.7 Å². The second kappa shape index (κ2) is 6.37. The van der Waals surface area contributed by atoms with Gasteiger partial charge in [-0.2, -0.15) is 0 Å². The first kappa shape index (κ1) is 11.9. The van der Waals surface area contributed by atoms with E-state index in [1.165, 1.54) is 31.4 Å². The van der Waals surface area contributed by atoms with Crippen LogP contribution in [0.25, 0.3) is 0 Å². The van der Waals surface area contributed by atoms with Crippen LogP contribution in [0.2, 0.25) is 0 Å². The average molecular weight is 307 g/mol. The normalized spacial score (nSPS) is 10.8. The summed E-state index contributed by atoms with van der Waals surface area (Å²) in [6, 6.07) is 0. The molecule has 1 rings (SSSR count). The van der Waals surface area contributed by atoms with E-state index >= 15 is 0 Å². The van der Waals surface area contributed by atoms with Gasteiger partial charge in [0.1, 0.15) is 3.70 Å². The molecule has 0 radical (unpaired) electrons. The summed E-state index contributed by atoms with van der Waals surface area (Å²) in [5, 5.41) is 8.29. The lowest BCUT2D eigenvalue weighted by molar-refractivity contribution is 0.528. The quantitative estimate of drug-likeness (QED) is 0.756. The van der Waals surface area contributed by atoms with Gasteiger partial charge in [-0.15, -0.1) is 5.10 Å². The third kappa shape index (κ3) is 3.22. The summed E-state index contributed by atoms with van der Waals surface area (Å²) in [7, 11) is 0. The van der Waals surface area contributed by atoms with Crippen LogP contribution >= 0.6 is 22.6 Å². The van der Waals surface area contributed by atoms with Gasteiger partial charge in [0.15, 0.2) is 0 Å². The van der Waals surface area contributed by atoms with Crippen molar-refractivity contribution in [2.24, 2.45) is 0 Å². The second-order valence-corrected chi connectivity index (χ2v) is 4.53. The third-order valence-electron chi connectivity index (χ3n) is 2.28. The molecule has 14 heavy (non-hydrogen) atoms. The van der Waals surface area contributed by atoms with E-state index in [1.54, 1.807) is 0 Å². The highest BCUT2D eigenvalue weighted by molar-refractivity contribution is 14.1. The Morgan fingerprint density at radius 3 is 2.57 bits per heavy atom. The Morgan fingerprint density at radius 2 is 1.93 bits per heavy atom. The monoisotopic (exact) mass is 307 g/mol. The molecular formula is C10H18IN3. The fraction of sp³-hybridized carbons (Fsp3) is 0.800. The van der Waals surface area contributed by atoms with Crippen molar-refractivity contribution in [3.63, 3.8) is 0 Å². The first-order valence-corrected chi connectivity index (χ1v) is 6.45. The molecule has 0 aliphatic rings. The number of hydrogen-bond acceptors (Lipinski definition) is 2. The Morgan fingerprint density at radius 1 is 1.21 bits per heavy atom. The van der Waals surface area contributed by atoms with Gasteiger partial charge in [0.25, 0.3) is 0 Å². The van der Waals surface area contributed by atoms with Gasteiger partial charge in [-0.25, -0.2) is 4.68 Å². The SMILES string of the molecule is CCCCc1c(I)nnn1CCCC. The number of rotatable bonds is 6. The smallest absolute Gasteiger partial charge is 0.146 e. The van der Waals surface area contributed by atoms with Gasteiger partial charge in [-0.05, 0) is 41.9 Å². The van der Waals surface area contributed by atoms with Crippen molar-refractivity contribution < 1.29 is 0 Å². The Bertz CT molecular complexity index is 270. The number of hydrogen-bond donors (Lipinski definition) is 0. The molecule has 1 aromatic rings. The van der Waals surface area contributed by atoms with E-state index in [-0.39, 0.29) is 0 Å². The molecule has 0 saturated heterocycles. The zero-order valence-corrected chi connectivity index (χ0v) is 11.1. The summed E-state index contributed by atoms with van der Waals surface area (Å²) in [4.78, 5) is 0. The molecule has 0 aliphatic heterocycles. The van der Waals surface area contributed by atoms with Crippen LogP contribution in [0.15, 0.2) is 0 Å². The van der Waals surface area contributed by atoms with Crippen LogP contribution in [0.4, 0.5) is 0 Å². The summed E-state index contributed by atoms with van der Waals surface area (Å²) in [6.45, 7) is 5.44. The predicted molar refractivity (Wildman–Crippen MR) is 66.3 cm³/mol. The van der Waals surface area contributed by atoms with Crippen molar-refractivity contribution in [3.05, 3.63) is 9.39 Å². The van der Waals surface area contributed by atoms with E-state index < -0.39 is 0 Å². The van der Waals surface area contributed by atoms with Gasteiger partial charge in [-0.3, -0.25) is 0 Å². The van der Waals surface area contributed by atoms with E-state index in [0.717, 1.165) is 16.7 Å². The van der Waals surface area contributed by atoms with Crippen molar-refractivity contribution in [3.8, 4) is 0 Å². The number of aromatic nitrogens is 3. The number of nitrogens with zero attached hydrogens (tertiary/aromatic N) is 3. The summed E-state index contributed by atoms with van der Waals surface area (Å²) < 4.78 is 3.15. The molecule has 4 heteroatoms. The van der Waals surface area contributed by atoms with Crippen LogP contribution in [0.3, 0.4) is 0 Å². The maximum atomic E-state index is 4.17. The fourth-order valence-corrected chi connectivity index (χ4v) is 2.02. The lowest BCUT2D eigenvalue weighted by atomic mass is 10.2. The van der Waals surface area contributed by atoms with Crippen molar-refractivity contribution >= 4 is 22.6 Å². The molecule has 0 fully saturated rings. The molecule has 0 amide bonds. The molecule has 3 nitrogen and oxygen atoms in total. The molecule has 0 spiro atoms. The Balaban J connectivity index is 2.62. The second-order valence-electron chi connectivity index (χ2n) is 3.51. The molecular weight excluding hydrogens is 289 g/mol. The molecule has 1 heterocycles. The van der Waals surface area contributed by atoms with E-state index in [9.17, 15) is 0 Å². The summed E-state index contributed by atoms with van der Waals surface area (Å²) >= 11 is 2.28. The highest BCUT2D eigenvalue weighted by Gasteiger charge is 2.08. The summed E-state index contributed by atoms with van der Waals surface area (Å²) in [5.74, 6) is 0. The highest BCUT2D eigenvalue weighted by Crippen LogP contribution is 2.12. The van der Waals surface area contributed by atoms with Gasteiger partial charge in [-0.1, -0.05) is 31.9 Å². The van der Waals surface area contributed by atoms with Crippen LogP contribution in [0.5, 0.6) is 0 Å². The molecule has 0 atom stereocenters. The van der Waals surface area contributed by atoms with Gasteiger partial charge in [0, 0.05) is 6.54 Å². The molecule has 0 saturated carbocycles. The predicted octanol–water partition coefficient (Wildman–Crippen LogP) is 3.03. The first-order chi connectivity index (χ1) is 6.79. The lowest BCUT2D eigenvalue weighted by Crippen LogP contribution is -2.05. The van der Waals surface area contributed by atoms with Crippen LogP contribution < -0.4 is 0 Å². The molecule has 80 valence electrons. The maximum absolute atomic E-state index is 4.17. The summed E-state index contributed by atoms with van der Waals surface area (Å²) in [6.07, 6.45) is 5.98. The zero-order chi connectivity index (χ0) is 10.4. The first-order valence-electron chi connectivity index (χ1n) is 5.37. The van der Waals surface area contributed by atoms with E-state index in [2.05, 4.69) is 51.4 Å². The fourth-order valence-electron chi connectivity index (χ4n) is 1.38. The minimum atomic E-state index is 1.02. The van der Waals surface area contributed by atoms with E-state index in [1.807, 2.05) is 0 Å². The van der Waals surface area contributed by atoms with Gasteiger partial charge >= 0.3 is 0 Å². The van der Waals surface area contributed by atoms with Crippen molar-refractivity contribution in [2.45, 2.75) is 52.5 Å². The van der Waals surface area contributed by atoms with Crippen molar-refractivity contribution in [1.82, 2.24) is 15.0 Å². The molecule has 1 aromatic heterocycles. The summed E-state index contributed by atoms with van der Waals surface area (Å²) in [5.41, 5.74) is 1.32. The standard InChI is InChI=1S/C10H18IN3/c1-3-5-7-9-10(11)12-13-14(9)8-6-4-2/h3-8H2,1-2H3. The highest BCUT2D eigenvalue weighted by atomic mass is 127. The van der Waals surface area contributed by atoms with E-state index in [0.29, 0.717) is 0 Å². The van der Waals surface area contributed by atoms with E-state index in [4.69, 9.17) is 0 Å². The maximum Gasteiger partial charge on any atom is 0.146 e. The van der Waals surface area contributed by atoms with Crippen molar-refractivity contribution in [1.29, 1.82) is 0 Å². The molecule has 0 bridgehead atoms. The molecule has 0 aromatic carbocycles. The largest absolute Gasteiger partial charge is 0.248 e. The van der Waals surface area contributed by atoms with Gasteiger partial charge in [0.05, 0.1) is 5.69 Å². The third-order valence-corrected chi connectivity index (χ3v) is 3.12. The molecule has 0 unspecified atom stereocenters. The van der Waals surface area contributed by atoms with Crippen LogP contribution in [-0.4, -0.2) is 15.0 Å². The van der Waals surface area contributed by atoms with Crippen LogP contribution in [0, 0.1) is 3.70 Å². The van der Waals surface area contributed by atoms with Gasteiger partial charge in [0.2, 0.25) is 0 Å². The van der Waals surface area contributed by atoms with Gasteiger partial charge < -0.3 is 0 Å². The Labute approximate surface area is 99.4 Å². The number of unbranched alkanes of at least 4 members (excludes halogenated alkanes) is 2. The van der Waals surface area contributed by atoms with Crippen LogP contribution in [0.1, 0.15) is 45.2 Å². The lowest BCUT2D eigenvalue weighted by Gasteiger charge is -2.04. The van der Waals surface area contributed by atoms with Crippen molar-refractivity contribution in [2.75, 3.05) is 0 Å². The molecule has 0 aliphatic carbocycles. The average Bonchev–Trinajstić information content (AvgIpc) is 2.53.